The molecule has 0 aromatic heterocycles. The first-order chi connectivity index (χ1) is 21.9. The second-order valence-electron chi connectivity index (χ2n) is 10.3. The highest BCUT2D eigenvalue weighted by Crippen LogP contribution is 2.35. The second-order valence-corrected chi connectivity index (χ2v) is 10.3. The lowest BCUT2D eigenvalue weighted by atomic mass is 9.96. The smallest absolute Gasteiger partial charge is 0.305 e. The van der Waals surface area contributed by atoms with Crippen molar-refractivity contribution in [1.29, 1.82) is 0 Å². The number of carbonyl (C=O) groups is 8. The zero-order valence-electron chi connectivity index (χ0n) is 26.9. The monoisotopic (exact) mass is 678 g/mol. The summed E-state index contributed by atoms with van der Waals surface area (Å²) < 4.78 is 60.2. The molecule has 0 aromatic rings. The van der Waals surface area contributed by atoms with E-state index in [1.54, 1.807) is 0 Å². The minimum Gasteiger partial charge on any atom is -0.463 e. The van der Waals surface area contributed by atoms with Gasteiger partial charge in [-0.1, -0.05) is 0 Å². The Hall–Kier alpha value is -4.36. The molecule has 2 aliphatic heterocycles. The van der Waals surface area contributed by atoms with Gasteiger partial charge < -0.3 is 52.1 Å². The van der Waals surface area contributed by atoms with Crippen LogP contribution in [0.25, 0.3) is 0 Å². The predicted octanol–water partition coefficient (Wildman–Crippen LogP) is -0.831. The fourth-order valence-electron chi connectivity index (χ4n) is 4.73. The van der Waals surface area contributed by atoms with Crippen LogP contribution in [0.1, 0.15) is 55.4 Å². The van der Waals surface area contributed by atoms with Gasteiger partial charge in [0.1, 0.15) is 31.5 Å². The van der Waals surface area contributed by atoms with E-state index in [0.717, 1.165) is 55.4 Å². The van der Waals surface area contributed by atoms with Crippen molar-refractivity contribution in [3.63, 3.8) is 0 Å². The van der Waals surface area contributed by atoms with Crippen molar-refractivity contribution in [3.05, 3.63) is 0 Å². The molecular formula is C28H38O19. The maximum Gasteiger partial charge on any atom is 0.305 e. The van der Waals surface area contributed by atoms with Gasteiger partial charge in [-0.15, -0.1) is 0 Å². The van der Waals surface area contributed by atoms with E-state index in [1.165, 1.54) is 0 Å². The Labute approximate surface area is 268 Å². The Bertz CT molecular complexity index is 1200. The summed E-state index contributed by atoms with van der Waals surface area (Å²) in [5.41, 5.74) is 0. The van der Waals surface area contributed by atoms with Crippen LogP contribution in [-0.2, 0) is 90.5 Å². The summed E-state index contributed by atoms with van der Waals surface area (Å²) in [7, 11) is 0. The molecular weight excluding hydrogens is 640 g/mol. The van der Waals surface area contributed by atoms with Crippen molar-refractivity contribution in [3.8, 4) is 0 Å². The van der Waals surface area contributed by atoms with Crippen LogP contribution in [0.15, 0.2) is 0 Å². The minimum atomic E-state index is -1.83. The molecule has 0 unspecified atom stereocenters. The molecule has 0 saturated carbocycles. The highest BCUT2D eigenvalue weighted by Gasteiger charge is 2.58. The molecule has 2 aliphatic rings. The van der Waals surface area contributed by atoms with Gasteiger partial charge in [-0.25, -0.2) is 0 Å². The maximum atomic E-state index is 12.3. The van der Waals surface area contributed by atoms with Gasteiger partial charge in [0.15, 0.2) is 30.7 Å². The number of hydrogen-bond acceptors (Lipinski definition) is 19. The number of carbonyl (C=O) groups excluding carboxylic acids is 8. The first kappa shape index (κ1) is 38.8. The third-order valence-corrected chi connectivity index (χ3v) is 6.17. The molecule has 264 valence electrons. The van der Waals surface area contributed by atoms with Crippen LogP contribution in [0.5, 0.6) is 0 Å². The van der Waals surface area contributed by atoms with E-state index in [-0.39, 0.29) is 0 Å². The number of ether oxygens (including phenoxy) is 11. The van der Waals surface area contributed by atoms with E-state index >= 15 is 0 Å². The van der Waals surface area contributed by atoms with Crippen molar-refractivity contribution in [2.75, 3.05) is 13.2 Å². The standard InChI is InChI=1S/C28H38O19/c1-11(29)37-9-19-21(39-13(3)31)23(40-14(4)32)26(43-17(7)35)28(46-19)47-22-20(10-38-12(2)30)45-27(44-18(8)36)25(42-16(6)34)24(22)41-15(5)33/h19-28H,9-10H2,1-8H3/t19-,20-,21+,22+,23+,24+,25+,26+,27-,28-/m0/s1. The summed E-state index contributed by atoms with van der Waals surface area (Å²) in [5, 5.41) is 0. The molecule has 0 N–H and O–H groups in total. The summed E-state index contributed by atoms with van der Waals surface area (Å²) >= 11 is 0. The summed E-state index contributed by atoms with van der Waals surface area (Å²) in [6, 6.07) is 0. The highest BCUT2D eigenvalue weighted by molar-refractivity contribution is 5.70. The first-order valence-corrected chi connectivity index (χ1v) is 14.2. The Morgan fingerprint density at radius 2 is 0.702 bits per heavy atom. The summed E-state index contributed by atoms with van der Waals surface area (Å²) in [6.45, 7) is 7.05. The molecule has 2 heterocycles. The molecule has 2 saturated heterocycles. The molecule has 19 heteroatoms. The van der Waals surface area contributed by atoms with Gasteiger partial charge in [0.05, 0.1) is 0 Å². The fourth-order valence-corrected chi connectivity index (χ4v) is 4.73. The van der Waals surface area contributed by atoms with Gasteiger partial charge in [-0.2, -0.15) is 0 Å². The SMILES string of the molecule is CC(=O)OC[C@@H]1O[C@@H](O[C@H]2[C@@H](OC(C)=O)[C@@H](OC(C)=O)[C@@H](OC(C)=O)O[C@H]2COC(C)=O)[C@H](OC(C)=O)[C@H](OC(C)=O)[C@@H]1OC(C)=O. The lowest BCUT2D eigenvalue weighted by molar-refractivity contribution is -0.357. The Kier molecular flexibility index (Phi) is 14.5. The van der Waals surface area contributed by atoms with Crippen molar-refractivity contribution < 1.29 is 90.5 Å². The van der Waals surface area contributed by atoms with Crippen molar-refractivity contribution >= 4 is 47.8 Å². The first-order valence-electron chi connectivity index (χ1n) is 14.2. The van der Waals surface area contributed by atoms with Gasteiger partial charge in [-0.3, -0.25) is 38.4 Å². The molecule has 0 bridgehead atoms. The van der Waals surface area contributed by atoms with Gasteiger partial charge in [-0.05, 0) is 0 Å². The largest absolute Gasteiger partial charge is 0.463 e. The molecule has 2 rings (SSSR count). The molecule has 0 spiro atoms. The van der Waals surface area contributed by atoms with E-state index < -0.39 is 122 Å². The van der Waals surface area contributed by atoms with E-state index in [4.69, 9.17) is 52.1 Å². The topological polar surface area (TPSA) is 238 Å². The predicted molar refractivity (Wildman–Crippen MR) is 145 cm³/mol. The van der Waals surface area contributed by atoms with Gasteiger partial charge in [0.25, 0.3) is 0 Å². The number of rotatable bonds is 12. The Morgan fingerprint density at radius 3 is 1.11 bits per heavy atom. The van der Waals surface area contributed by atoms with Crippen molar-refractivity contribution in [2.45, 2.75) is 117 Å². The molecule has 2 fully saturated rings. The average Bonchev–Trinajstić information content (AvgIpc) is 2.91. The Morgan fingerprint density at radius 1 is 0.383 bits per heavy atom. The molecule has 0 radical (unpaired) electrons. The second kappa shape index (κ2) is 17.5. The minimum absolute atomic E-state index is 0.590. The van der Waals surface area contributed by atoms with Gasteiger partial charge in [0, 0.05) is 55.4 Å². The molecule has 47 heavy (non-hydrogen) atoms. The zero-order valence-corrected chi connectivity index (χ0v) is 26.9. The van der Waals surface area contributed by atoms with Crippen LogP contribution >= 0.6 is 0 Å². The fraction of sp³-hybridized carbons (Fsp3) is 0.714. The third kappa shape index (κ3) is 12.1. The van der Waals surface area contributed by atoms with Crippen LogP contribution in [0, 0.1) is 0 Å². The van der Waals surface area contributed by atoms with Crippen LogP contribution in [0.2, 0.25) is 0 Å². The van der Waals surface area contributed by atoms with Crippen LogP contribution in [-0.4, -0.2) is 122 Å². The molecule has 0 aromatic carbocycles. The van der Waals surface area contributed by atoms with Gasteiger partial charge >= 0.3 is 47.8 Å². The van der Waals surface area contributed by atoms with E-state index in [2.05, 4.69) is 0 Å². The summed E-state index contributed by atoms with van der Waals surface area (Å²) in [5.74, 6) is -7.02. The van der Waals surface area contributed by atoms with Crippen molar-refractivity contribution in [1.82, 2.24) is 0 Å². The normalized spacial score (nSPS) is 30.0. The quantitative estimate of drug-likeness (QED) is 0.181. The lowest BCUT2D eigenvalue weighted by Crippen LogP contribution is -2.67. The van der Waals surface area contributed by atoms with Crippen LogP contribution in [0.3, 0.4) is 0 Å². The van der Waals surface area contributed by atoms with E-state index in [9.17, 15) is 38.4 Å². The molecule has 10 atom stereocenters. The molecule has 19 nitrogen and oxygen atoms in total. The third-order valence-electron chi connectivity index (χ3n) is 6.17. The van der Waals surface area contributed by atoms with Crippen LogP contribution < -0.4 is 0 Å². The Balaban J connectivity index is 2.73. The summed E-state index contributed by atoms with van der Waals surface area (Å²) in [6.07, 6.45) is -16.3. The molecule has 0 amide bonds. The summed E-state index contributed by atoms with van der Waals surface area (Å²) in [4.78, 5) is 96.3. The highest BCUT2D eigenvalue weighted by atomic mass is 16.8. The lowest BCUT2D eigenvalue weighted by Gasteiger charge is -2.48. The van der Waals surface area contributed by atoms with Crippen molar-refractivity contribution in [2.24, 2.45) is 0 Å². The van der Waals surface area contributed by atoms with E-state index in [1.807, 2.05) is 0 Å². The average molecular weight is 679 g/mol. The molecule has 0 aliphatic carbocycles. The van der Waals surface area contributed by atoms with Crippen LogP contribution in [0.4, 0.5) is 0 Å². The van der Waals surface area contributed by atoms with Gasteiger partial charge in [0.2, 0.25) is 12.4 Å². The maximum absolute atomic E-state index is 12.3. The van der Waals surface area contributed by atoms with E-state index in [0.29, 0.717) is 0 Å². The number of hydrogen-bond donors (Lipinski definition) is 0. The number of esters is 8. The zero-order chi connectivity index (χ0) is 35.6.